The molecule has 0 radical (unpaired) electrons. The Labute approximate surface area is 96.5 Å². The molecule has 2 rings (SSSR count). The van der Waals surface area contributed by atoms with E-state index >= 15 is 0 Å². The zero-order chi connectivity index (χ0) is 10.5. The molecule has 0 heterocycles. The van der Waals surface area contributed by atoms with Crippen LogP contribution in [0.1, 0.15) is 5.56 Å². The maximum atomic E-state index is 5.73. The summed E-state index contributed by atoms with van der Waals surface area (Å²) in [7, 11) is 0. The van der Waals surface area contributed by atoms with Crippen LogP contribution in [0.25, 0.3) is 0 Å². The number of benzene rings is 2. The zero-order valence-electron chi connectivity index (χ0n) is 8.39. The van der Waals surface area contributed by atoms with Crippen LogP contribution in [-0.4, -0.2) is 15.0 Å². The molecule has 0 unspecified atom stereocenters. The van der Waals surface area contributed by atoms with Gasteiger partial charge < -0.3 is 0 Å². The van der Waals surface area contributed by atoms with Crippen LogP contribution in [0, 0.1) is 0 Å². The molecule has 0 aromatic heterocycles. The summed E-state index contributed by atoms with van der Waals surface area (Å²) >= 11 is 0.509. The molecule has 76 valence electrons. The van der Waals surface area contributed by atoms with Crippen molar-refractivity contribution in [2.75, 3.05) is 5.73 Å². The number of anilines is 1. The predicted molar refractivity (Wildman–Crippen MR) is 66.4 cm³/mol. The Morgan fingerprint density at radius 1 is 0.933 bits per heavy atom. The second kappa shape index (κ2) is 5.01. The van der Waals surface area contributed by atoms with Gasteiger partial charge in [-0.1, -0.05) is 0 Å². The molecular formula is C13H13NSe. The third-order valence-corrected chi connectivity index (χ3v) is 4.37. The van der Waals surface area contributed by atoms with Crippen molar-refractivity contribution in [3.63, 3.8) is 0 Å². The van der Waals surface area contributed by atoms with Gasteiger partial charge in [0.1, 0.15) is 0 Å². The van der Waals surface area contributed by atoms with Crippen molar-refractivity contribution in [2.24, 2.45) is 0 Å². The summed E-state index contributed by atoms with van der Waals surface area (Å²) in [6.45, 7) is 0. The molecule has 0 amide bonds. The monoisotopic (exact) mass is 263 g/mol. The van der Waals surface area contributed by atoms with Crippen molar-refractivity contribution in [2.45, 2.75) is 5.32 Å². The van der Waals surface area contributed by atoms with E-state index in [0.29, 0.717) is 15.0 Å². The average molecular weight is 262 g/mol. The third-order valence-electron chi connectivity index (χ3n) is 2.10. The number of hydrogen-bond donors (Lipinski definition) is 1. The van der Waals surface area contributed by atoms with Gasteiger partial charge in [0.2, 0.25) is 0 Å². The van der Waals surface area contributed by atoms with Gasteiger partial charge in [0.15, 0.2) is 0 Å². The second-order valence-corrected chi connectivity index (χ2v) is 5.55. The molecule has 0 fully saturated rings. The zero-order valence-corrected chi connectivity index (χ0v) is 10.1. The summed E-state index contributed by atoms with van der Waals surface area (Å²) in [5.74, 6) is 0. The topological polar surface area (TPSA) is 26.0 Å². The van der Waals surface area contributed by atoms with Crippen LogP contribution in [-0.2, 0) is 5.32 Å². The van der Waals surface area contributed by atoms with Gasteiger partial charge in [-0.05, 0) is 0 Å². The molecule has 0 saturated heterocycles. The molecule has 0 saturated carbocycles. The summed E-state index contributed by atoms with van der Waals surface area (Å²) in [6, 6.07) is 18.8. The predicted octanol–water partition coefficient (Wildman–Crippen LogP) is 1.80. The van der Waals surface area contributed by atoms with Crippen molar-refractivity contribution in [3.8, 4) is 0 Å². The van der Waals surface area contributed by atoms with Gasteiger partial charge in [0.05, 0.1) is 0 Å². The van der Waals surface area contributed by atoms with Gasteiger partial charge in [0.25, 0.3) is 0 Å². The first-order chi connectivity index (χ1) is 7.34. The van der Waals surface area contributed by atoms with Gasteiger partial charge in [-0.3, -0.25) is 0 Å². The third kappa shape index (κ3) is 3.12. The fraction of sp³-hybridized carbons (Fsp3) is 0.0769. The van der Waals surface area contributed by atoms with Gasteiger partial charge in [0, 0.05) is 0 Å². The van der Waals surface area contributed by atoms with Gasteiger partial charge in [-0.2, -0.15) is 0 Å². The minimum atomic E-state index is 0.509. The maximum absolute atomic E-state index is 5.73. The molecule has 0 atom stereocenters. The van der Waals surface area contributed by atoms with E-state index in [-0.39, 0.29) is 0 Å². The first-order valence-corrected chi connectivity index (χ1v) is 6.93. The van der Waals surface area contributed by atoms with Crippen LogP contribution in [0.15, 0.2) is 54.6 Å². The first-order valence-electron chi connectivity index (χ1n) is 4.87. The van der Waals surface area contributed by atoms with Gasteiger partial charge >= 0.3 is 96.3 Å². The molecule has 0 aliphatic rings. The molecule has 2 heteroatoms. The molecule has 0 spiro atoms. The molecule has 0 aliphatic heterocycles. The Morgan fingerprint density at radius 3 is 2.47 bits per heavy atom. The fourth-order valence-corrected chi connectivity index (χ4v) is 3.18. The minimum absolute atomic E-state index is 0.509. The van der Waals surface area contributed by atoms with Crippen LogP contribution >= 0.6 is 0 Å². The standard InChI is InChI=1S/C13H13NSe/c14-12-6-4-5-11(9-12)10-15-13-7-2-1-3-8-13/h1-9H,10,14H2. The van der Waals surface area contributed by atoms with Crippen molar-refractivity contribution < 1.29 is 0 Å². The van der Waals surface area contributed by atoms with E-state index < -0.39 is 0 Å². The van der Waals surface area contributed by atoms with Crippen LogP contribution in [0.2, 0.25) is 0 Å². The van der Waals surface area contributed by atoms with E-state index in [4.69, 9.17) is 5.73 Å². The van der Waals surface area contributed by atoms with E-state index in [1.165, 1.54) is 10.0 Å². The number of nitrogen functional groups attached to an aromatic ring is 1. The Morgan fingerprint density at radius 2 is 1.73 bits per heavy atom. The summed E-state index contributed by atoms with van der Waals surface area (Å²) in [5, 5.41) is 1.11. The Balaban J connectivity index is 1.99. The summed E-state index contributed by atoms with van der Waals surface area (Å²) < 4.78 is 1.44. The van der Waals surface area contributed by atoms with Crippen molar-refractivity contribution >= 4 is 25.1 Å². The van der Waals surface area contributed by atoms with E-state index in [2.05, 4.69) is 42.5 Å². The Hall–Kier alpha value is -1.24. The summed E-state index contributed by atoms with van der Waals surface area (Å²) in [6.07, 6.45) is 0. The van der Waals surface area contributed by atoms with Crippen molar-refractivity contribution in [1.29, 1.82) is 0 Å². The molecule has 2 N–H and O–H groups in total. The Kier molecular flexibility index (Phi) is 3.44. The van der Waals surface area contributed by atoms with E-state index in [1.807, 2.05) is 12.1 Å². The van der Waals surface area contributed by atoms with Crippen LogP contribution in [0.3, 0.4) is 0 Å². The van der Waals surface area contributed by atoms with E-state index in [9.17, 15) is 0 Å². The normalized spacial score (nSPS) is 10.1. The molecule has 2 aromatic rings. The van der Waals surface area contributed by atoms with Gasteiger partial charge in [-0.15, -0.1) is 0 Å². The molecule has 15 heavy (non-hydrogen) atoms. The first kappa shape index (κ1) is 10.3. The fourth-order valence-electron chi connectivity index (χ4n) is 1.37. The van der Waals surface area contributed by atoms with Crippen LogP contribution < -0.4 is 10.2 Å². The summed E-state index contributed by atoms with van der Waals surface area (Å²) in [5.41, 5.74) is 7.92. The van der Waals surface area contributed by atoms with Crippen LogP contribution in [0.4, 0.5) is 5.69 Å². The van der Waals surface area contributed by atoms with E-state index in [1.54, 1.807) is 0 Å². The van der Waals surface area contributed by atoms with Crippen molar-refractivity contribution in [3.05, 3.63) is 60.2 Å². The number of rotatable bonds is 3. The SMILES string of the molecule is Nc1cccc(C[Se]c2ccccc2)c1. The Bertz CT molecular complexity index is 426. The van der Waals surface area contributed by atoms with Gasteiger partial charge in [-0.25, -0.2) is 0 Å². The number of nitrogens with two attached hydrogens (primary N) is 1. The second-order valence-electron chi connectivity index (χ2n) is 3.35. The molecule has 2 aromatic carbocycles. The molecular weight excluding hydrogens is 249 g/mol. The molecule has 1 nitrogen and oxygen atoms in total. The summed E-state index contributed by atoms with van der Waals surface area (Å²) in [4.78, 5) is 0. The van der Waals surface area contributed by atoms with E-state index in [0.717, 1.165) is 11.0 Å². The van der Waals surface area contributed by atoms with Crippen molar-refractivity contribution in [1.82, 2.24) is 0 Å². The average Bonchev–Trinajstić information content (AvgIpc) is 2.28. The molecule has 0 bridgehead atoms. The quantitative estimate of drug-likeness (QED) is 0.662. The van der Waals surface area contributed by atoms with Crippen LogP contribution in [0.5, 0.6) is 0 Å². The molecule has 0 aliphatic carbocycles. The number of hydrogen-bond acceptors (Lipinski definition) is 1.